The molecule has 1 aliphatic heterocycles. The van der Waals surface area contributed by atoms with Gasteiger partial charge in [0.15, 0.2) is 0 Å². The standard InChI is InChI=1S/C13H23N7/c1-13(2)8-9(13)15-10-16-11(19-14)18-12(17-10)20-6-4-3-5-7-20/h9H,3-8,14H2,1-2H3,(H2,15,16,17,18,19). The molecule has 0 bridgehead atoms. The highest BCUT2D eigenvalue weighted by molar-refractivity contribution is 5.45. The smallest absolute Gasteiger partial charge is 0.243 e. The first-order valence-electron chi connectivity index (χ1n) is 7.33. The fourth-order valence-electron chi connectivity index (χ4n) is 2.60. The van der Waals surface area contributed by atoms with Crippen molar-refractivity contribution in [1.29, 1.82) is 0 Å². The third kappa shape index (κ3) is 2.77. The minimum atomic E-state index is 0.328. The summed E-state index contributed by atoms with van der Waals surface area (Å²) in [7, 11) is 0. The van der Waals surface area contributed by atoms with Gasteiger partial charge in [0.2, 0.25) is 17.8 Å². The average Bonchev–Trinajstić information content (AvgIpc) is 3.06. The minimum absolute atomic E-state index is 0.328. The molecule has 1 aromatic rings. The van der Waals surface area contributed by atoms with Gasteiger partial charge < -0.3 is 10.2 Å². The molecule has 0 aromatic carbocycles. The number of nitrogens with zero attached hydrogens (tertiary/aromatic N) is 4. The Morgan fingerprint density at radius 2 is 1.75 bits per heavy atom. The summed E-state index contributed by atoms with van der Waals surface area (Å²) in [5.74, 6) is 7.22. The van der Waals surface area contributed by atoms with Crippen molar-refractivity contribution in [3.63, 3.8) is 0 Å². The molecule has 7 nitrogen and oxygen atoms in total. The third-order valence-corrected chi connectivity index (χ3v) is 4.21. The zero-order valence-corrected chi connectivity index (χ0v) is 12.2. The highest BCUT2D eigenvalue weighted by Gasteiger charge is 2.46. The van der Waals surface area contributed by atoms with E-state index >= 15 is 0 Å². The molecule has 2 heterocycles. The molecule has 0 amide bonds. The summed E-state index contributed by atoms with van der Waals surface area (Å²) in [5, 5.41) is 3.38. The Morgan fingerprint density at radius 3 is 2.35 bits per heavy atom. The summed E-state index contributed by atoms with van der Waals surface area (Å²) in [6.07, 6.45) is 4.80. The van der Waals surface area contributed by atoms with E-state index in [1.165, 1.54) is 19.3 Å². The lowest BCUT2D eigenvalue weighted by molar-refractivity contribution is 0.567. The Kier molecular flexibility index (Phi) is 3.37. The summed E-state index contributed by atoms with van der Waals surface area (Å²) < 4.78 is 0. The van der Waals surface area contributed by atoms with Crippen molar-refractivity contribution >= 4 is 17.8 Å². The van der Waals surface area contributed by atoms with Crippen LogP contribution in [0.25, 0.3) is 0 Å². The van der Waals surface area contributed by atoms with Gasteiger partial charge in [0.05, 0.1) is 0 Å². The minimum Gasteiger partial charge on any atom is -0.351 e. The molecular formula is C13H23N7. The Hall–Kier alpha value is -1.63. The van der Waals surface area contributed by atoms with E-state index in [1.54, 1.807) is 0 Å². The molecule has 1 unspecified atom stereocenters. The maximum Gasteiger partial charge on any atom is 0.243 e. The number of anilines is 3. The van der Waals surface area contributed by atoms with E-state index in [4.69, 9.17) is 5.84 Å². The highest BCUT2D eigenvalue weighted by atomic mass is 15.4. The van der Waals surface area contributed by atoms with E-state index in [1.807, 2.05) is 0 Å². The summed E-state index contributed by atoms with van der Waals surface area (Å²) >= 11 is 0. The molecular weight excluding hydrogens is 254 g/mol. The van der Waals surface area contributed by atoms with Crippen molar-refractivity contribution in [1.82, 2.24) is 15.0 Å². The summed E-state index contributed by atoms with van der Waals surface area (Å²) in [6.45, 7) is 6.48. The molecule has 1 saturated carbocycles. The lowest BCUT2D eigenvalue weighted by atomic mass is 10.1. The van der Waals surface area contributed by atoms with Crippen LogP contribution in [0.3, 0.4) is 0 Å². The molecule has 4 N–H and O–H groups in total. The Labute approximate surface area is 119 Å². The maximum atomic E-state index is 5.47. The lowest BCUT2D eigenvalue weighted by Gasteiger charge is -2.27. The van der Waals surface area contributed by atoms with Crippen LogP contribution in [0.1, 0.15) is 39.5 Å². The van der Waals surface area contributed by atoms with Gasteiger partial charge in [-0.25, -0.2) is 5.84 Å². The van der Waals surface area contributed by atoms with Crippen molar-refractivity contribution in [3.05, 3.63) is 0 Å². The predicted molar refractivity (Wildman–Crippen MR) is 79.5 cm³/mol. The first-order chi connectivity index (χ1) is 9.58. The molecule has 2 fully saturated rings. The van der Waals surface area contributed by atoms with Crippen molar-refractivity contribution in [2.45, 2.75) is 45.6 Å². The fraction of sp³-hybridized carbons (Fsp3) is 0.769. The van der Waals surface area contributed by atoms with Gasteiger partial charge in [-0.2, -0.15) is 15.0 Å². The van der Waals surface area contributed by atoms with Crippen molar-refractivity contribution in [2.75, 3.05) is 28.7 Å². The Bertz CT molecular complexity index is 482. The van der Waals surface area contributed by atoms with Gasteiger partial charge in [-0.15, -0.1) is 0 Å². The zero-order valence-electron chi connectivity index (χ0n) is 12.2. The lowest BCUT2D eigenvalue weighted by Crippen LogP contribution is -2.32. The van der Waals surface area contributed by atoms with E-state index < -0.39 is 0 Å². The SMILES string of the molecule is CC1(C)CC1Nc1nc(NN)nc(N2CCCCC2)n1. The average molecular weight is 277 g/mol. The molecule has 1 aliphatic carbocycles. The van der Waals surface area contributed by atoms with Crippen molar-refractivity contribution in [3.8, 4) is 0 Å². The molecule has 20 heavy (non-hydrogen) atoms. The van der Waals surface area contributed by atoms with Crippen molar-refractivity contribution in [2.24, 2.45) is 11.3 Å². The molecule has 1 saturated heterocycles. The van der Waals surface area contributed by atoms with Gasteiger partial charge in [0, 0.05) is 19.1 Å². The number of hydrogen-bond acceptors (Lipinski definition) is 7. The van der Waals surface area contributed by atoms with Crippen LogP contribution < -0.4 is 21.5 Å². The monoisotopic (exact) mass is 277 g/mol. The molecule has 3 rings (SSSR count). The number of nitrogens with one attached hydrogen (secondary N) is 2. The Morgan fingerprint density at radius 1 is 1.10 bits per heavy atom. The number of rotatable bonds is 4. The van der Waals surface area contributed by atoms with Crippen LogP contribution in [0.4, 0.5) is 17.8 Å². The van der Waals surface area contributed by atoms with Crippen LogP contribution in [0.5, 0.6) is 0 Å². The first kappa shape index (κ1) is 13.4. The van der Waals surface area contributed by atoms with Gasteiger partial charge in [0.1, 0.15) is 0 Å². The van der Waals surface area contributed by atoms with Gasteiger partial charge >= 0.3 is 0 Å². The second kappa shape index (κ2) is 5.05. The van der Waals surface area contributed by atoms with Gasteiger partial charge in [-0.3, -0.25) is 5.43 Å². The number of hydrazine groups is 1. The number of nitrogen functional groups attached to an aromatic ring is 1. The Balaban J connectivity index is 1.79. The zero-order chi connectivity index (χ0) is 14.2. The van der Waals surface area contributed by atoms with E-state index in [0.29, 0.717) is 29.3 Å². The number of hydrogen-bond donors (Lipinski definition) is 3. The van der Waals surface area contributed by atoms with Gasteiger partial charge in [-0.05, 0) is 31.1 Å². The summed E-state index contributed by atoms with van der Waals surface area (Å²) in [5.41, 5.74) is 2.86. The van der Waals surface area contributed by atoms with Crippen LogP contribution in [0.15, 0.2) is 0 Å². The van der Waals surface area contributed by atoms with Crippen LogP contribution >= 0.6 is 0 Å². The second-order valence-corrected chi connectivity index (χ2v) is 6.36. The molecule has 0 radical (unpaired) electrons. The van der Waals surface area contributed by atoms with Gasteiger partial charge in [0.25, 0.3) is 0 Å². The molecule has 2 aliphatic rings. The normalized spacial score (nSPS) is 24.4. The number of piperidine rings is 1. The molecule has 110 valence electrons. The second-order valence-electron chi connectivity index (χ2n) is 6.36. The predicted octanol–water partition coefficient (Wildman–Crippen LogP) is 1.36. The molecule has 0 spiro atoms. The van der Waals surface area contributed by atoms with E-state index in [9.17, 15) is 0 Å². The van der Waals surface area contributed by atoms with Crippen molar-refractivity contribution < 1.29 is 0 Å². The summed E-state index contributed by atoms with van der Waals surface area (Å²) in [6, 6.07) is 0.435. The molecule has 1 aromatic heterocycles. The van der Waals surface area contributed by atoms with E-state index in [2.05, 4.69) is 44.4 Å². The number of aromatic nitrogens is 3. The maximum absolute atomic E-state index is 5.47. The third-order valence-electron chi connectivity index (χ3n) is 4.21. The first-order valence-corrected chi connectivity index (χ1v) is 7.33. The largest absolute Gasteiger partial charge is 0.351 e. The number of nitrogens with two attached hydrogens (primary N) is 1. The van der Waals surface area contributed by atoms with Crippen LogP contribution in [-0.2, 0) is 0 Å². The van der Waals surface area contributed by atoms with E-state index in [-0.39, 0.29) is 0 Å². The van der Waals surface area contributed by atoms with Crippen LogP contribution in [0.2, 0.25) is 0 Å². The highest BCUT2D eigenvalue weighted by Crippen LogP contribution is 2.46. The topological polar surface area (TPSA) is 92.0 Å². The molecule has 7 heteroatoms. The quantitative estimate of drug-likeness (QED) is 0.565. The van der Waals surface area contributed by atoms with E-state index in [0.717, 1.165) is 19.5 Å². The fourth-order valence-corrected chi connectivity index (χ4v) is 2.60. The van der Waals surface area contributed by atoms with Gasteiger partial charge in [-0.1, -0.05) is 13.8 Å². The molecule has 1 atom stereocenters. The van der Waals surface area contributed by atoms with Crippen LogP contribution in [0, 0.1) is 5.41 Å². The van der Waals surface area contributed by atoms with Crippen LogP contribution in [-0.4, -0.2) is 34.1 Å². The summed E-state index contributed by atoms with van der Waals surface area (Å²) in [4.78, 5) is 15.4.